The number of aromatic nitrogens is 3. The molecule has 6 nitrogen and oxygen atoms in total. The lowest BCUT2D eigenvalue weighted by Gasteiger charge is -2.19. The number of hydrogen-bond donors (Lipinski definition) is 1. The molecule has 0 fully saturated rings. The van der Waals surface area contributed by atoms with E-state index in [4.69, 9.17) is 0 Å². The summed E-state index contributed by atoms with van der Waals surface area (Å²) in [5.41, 5.74) is 0.513. The van der Waals surface area contributed by atoms with E-state index in [0.29, 0.717) is 16.7 Å². The van der Waals surface area contributed by atoms with E-state index >= 15 is 0 Å². The summed E-state index contributed by atoms with van der Waals surface area (Å²) in [6.45, 7) is 6.09. The van der Waals surface area contributed by atoms with Crippen molar-refractivity contribution in [2.24, 2.45) is 0 Å². The van der Waals surface area contributed by atoms with E-state index in [1.54, 1.807) is 29.0 Å². The minimum atomic E-state index is -0.178. The average Bonchev–Trinajstić information content (AvgIpc) is 2.90. The monoisotopic (exact) mass is 344 g/mol. The first-order valence-corrected chi connectivity index (χ1v) is 8.81. The lowest BCUT2D eigenvalue weighted by atomic mass is 9.92. The van der Waals surface area contributed by atoms with Crippen molar-refractivity contribution in [2.75, 3.05) is 11.1 Å². The zero-order valence-electron chi connectivity index (χ0n) is 13.9. The predicted molar refractivity (Wildman–Crippen MR) is 94.4 cm³/mol. The summed E-state index contributed by atoms with van der Waals surface area (Å²) in [5, 5.41) is 3.46. The molecule has 1 aliphatic heterocycles. The van der Waals surface area contributed by atoms with Crippen molar-refractivity contribution in [3.8, 4) is 0 Å². The summed E-state index contributed by atoms with van der Waals surface area (Å²) >= 11 is 1.52. The number of nitrogens with zero attached hydrogens (tertiary/aromatic N) is 3. The Morgan fingerprint density at radius 3 is 2.88 bits per heavy atom. The Bertz CT molecular complexity index is 812. The highest BCUT2D eigenvalue weighted by molar-refractivity contribution is 7.99. The van der Waals surface area contributed by atoms with Gasteiger partial charge in [-0.25, -0.2) is 9.97 Å². The molecule has 0 radical (unpaired) electrons. The van der Waals surface area contributed by atoms with Crippen LogP contribution >= 0.6 is 11.8 Å². The van der Waals surface area contributed by atoms with Gasteiger partial charge in [-0.05, 0) is 12.1 Å². The molecule has 0 saturated heterocycles. The van der Waals surface area contributed by atoms with Crippen LogP contribution in [0.4, 0.5) is 5.82 Å². The summed E-state index contributed by atoms with van der Waals surface area (Å²) < 4.78 is 1.64. The molecule has 24 heavy (non-hydrogen) atoms. The Morgan fingerprint density at radius 1 is 1.42 bits per heavy atom. The fourth-order valence-corrected chi connectivity index (χ4v) is 3.68. The van der Waals surface area contributed by atoms with Gasteiger partial charge in [0.1, 0.15) is 5.82 Å². The van der Waals surface area contributed by atoms with Crippen LogP contribution in [0, 0.1) is 0 Å². The van der Waals surface area contributed by atoms with E-state index in [9.17, 15) is 9.59 Å². The third-order valence-electron chi connectivity index (χ3n) is 3.81. The van der Waals surface area contributed by atoms with Crippen molar-refractivity contribution in [3.05, 3.63) is 46.5 Å². The van der Waals surface area contributed by atoms with E-state index < -0.39 is 0 Å². The number of thioether (sulfide) groups is 1. The lowest BCUT2D eigenvalue weighted by Crippen LogP contribution is -2.29. The molecule has 0 bridgehead atoms. The van der Waals surface area contributed by atoms with Crippen molar-refractivity contribution in [2.45, 2.75) is 43.8 Å². The van der Waals surface area contributed by atoms with Crippen molar-refractivity contribution in [1.29, 1.82) is 0 Å². The van der Waals surface area contributed by atoms with Crippen LogP contribution in [0.3, 0.4) is 0 Å². The van der Waals surface area contributed by atoms with Gasteiger partial charge in [0.05, 0.1) is 11.7 Å². The van der Waals surface area contributed by atoms with Crippen molar-refractivity contribution in [3.63, 3.8) is 0 Å². The molecule has 1 aliphatic rings. The fraction of sp³-hybridized carbons (Fsp3) is 0.412. The first-order valence-electron chi connectivity index (χ1n) is 7.82. The van der Waals surface area contributed by atoms with Gasteiger partial charge in [-0.3, -0.25) is 14.2 Å². The summed E-state index contributed by atoms with van der Waals surface area (Å²) in [6.07, 6.45) is 1.85. The van der Waals surface area contributed by atoms with Crippen LogP contribution in [-0.4, -0.2) is 26.2 Å². The fourth-order valence-electron chi connectivity index (χ4n) is 2.53. The maximum Gasteiger partial charge on any atom is 0.254 e. The van der Waals surface area contributed by atoms with Gasteiger partial charge in [-0.15, -0.1) is 0 Å². The third-order valence-corrected chi connectivity index (χ3v) is 4.91. The molecule has 0 spiro atoms. The molecule has 0 aromatic carbocycles. The third kappa shape index (κ3) is 3.51. The highest BCUT2D eigenvalue weighted by Crippen LogP contribution is 2.33. The molecule has 1 unspecified atom stereocenters. The number of carbonyl (C=O) groups is 1. The molecule has 1 atom stereocenters. The quantitative estimate of drug-likeness (QED) is 0.866. The summed E-state index contributed by atoms with van der Waals surface area (Å²) in [7, 11) is 0. The molecular weight excluding hydrogens is 324 g/mol. The Morgan fingerprint density at radius 2 is 2.21 bits per heavy atom. The van der Waals surface area contributed by atoms with Crippen molar-refractivity contribution in [1.82, 2.24) is 14.5 Å². The molecule has 7 heteroatoms. The molecule has 1 N–H and O–H groups in total. The molecule has 126 valence electrons. The number of pyridine rings is 1. The first-order chi connectivity index (χ1) is 11.3. The van der Waals surface area contributed by atoms with Gasteiger partial charge in [0.25, 0.3) is 5.56 Å². The maximum absolute atomic E-state index is 12.5. The number of hydrogen-bond acceptors (Lipinski definition) is 5. The lowest BCUT2D eigenvalue weighted by molar-refractivity contribution is -0.116. The van der Waals surface area contributed by atoms with E-state index in [1.165, 1.54) is 11.8 Å². The Balaban J connectivity index is 1.78. The van der Waals surface area contributed by atoms with Crippen molar-refractivity contribution < 1.29 is 4.79 Å². The minimum Gasteiger partial charge on any atom is -0.311 e. The Labute approximate surface area is 144 Å². The second-order valence-electron chi connectivity index (χ2n) is 6.81. The van der Waals surface area contributed by atoms with Gasteiger partial charge in [-0.1, -0.05) is 38.6 Å². The molecule has 0 saturated carbocycles. The number of amides is 1. The molecule has 2 aromatic heterocycles. The smallest absolute Gasteiger partial charge is 0.254 e. The van der Waals surface area contributed by atoms with E-state index in [2.05, 4.69) is 15.3 Å². The Hall–Kier alpha value is -2.15. The van der Waals surface area contributed by atoms with Crippen LogP contribution in [0.2, 0.25) is 0 Å². The molecule has 3 rings (SSSR count). The topological polar surface area (TPSA) is 76.9 Å². The standard InChI is InChI=1S/C17H20N4O2S/c1-17(2,3)12-9-15(23)21-11(10-24-16(21)19-12)8-14(22)20-13-6-4-5-7-18-13/h4-7,9,11H,8,10H2,1-3H3,(H,18,20,22). The van der Waals surface area contributed by atoms with E-state index in [1.807, 2.05) is 26.8 Å². The van der Waals surface area contributed by atoms with Gasteiger partial charge in [0.15, 0.2) is 5.16 Å². The predicted octanol–water partition coefficient (Wildman–Crippen LogP) is 2.61. The van der Waals surface area contributed by atoms with Crippen LogP contribution in [0.5, 0.6) is 0 Å². The highest BCUT2D eigenvalue weighted by Gasteiger charge is 2.29. The average molecular weight is 344 g/mol. The van der Waals surface area contributed by atoms with Crippen LogP contribution in [0.25, 0.3) is 0 Å². The summed E-state index contributed by atoms with van der Waals surface area (Å²) in [4.78, 5) is 33.4. The summed E-state index contributed by atoms with van der Waals surface area (Å²) in [5.74, 6) is 1.03. The van der Waals surface area contributed by atoms with Gasteiger partial charge >= 0.3 is 0 Å². The number of carbonyl (C=O) groups excluding carboxylic acids is 1. The van der Waals surface area contributed by atoms with Crippen LogP contribution < -0.4 is 10.9 Å². The zero-order valence-corrected chi connectivity index (χ0v) is 14.8. The number of fused-ring (bicyclic) bond motifs is 1. The second kappa shape index (κ2) is 6.39. The first kappa shape index (κ1) is 16.7. The largest absolute Gasteiger partial charge is 0.311 e. The molecule has 3 heterocycles. The van der Waals surface area contributed by atoms with Crippen LogP contribution in [-0.2, 0) is 10.2 Å². The molecule has 2 aromatic rings. The SMILES string of the molecule is CC(C)(C)c1cc(=O)n2c(n1)SCC2CC(=O)Nc1ccccn1. The van der Waals surface area contributed by atoms with Crippen LogP contribution in [0.1, 0.15) is 38.9 Å². The summed E-state index contributed by atoms with van der Waals surface area (Å²) in [6, 6.07) is 6.74. The zero-order chi connectivity index (χ0) is 17.3. The highest BCUT2D eigenvalue weighted by atomic mass is 32.2. The van der Waals surface area contributed by atoms with Gasteiger partial charge in [-0.2, -0.15) is 0 Å². The second-order valence-corrected chi connectivity index (χ2v) is 7.80. The van der Waals surface area contributed by atoms with Crippen LogP contribution in [0.15, 0.2) is 40.4 Å². The number of rotatable bonds is 3. The maximum atomic E-state index is 12.5. The van der Waals surface area contributed by atoms with E-state index in [-0.39, 0.29) is 29.3 Å². The molecule has 1 amide bonds. The van der Waals surface area contributed by atoms with Crippen molar-refractivity contribution >= 4 is 23.5 Å². The normalized spacial score (nSPS) is 16.7. The van der Waals surface area contributed by atoms with Gasteiger partial charge < -0.3 is 5.32 Å². The minimum absolute atomic E-state index is 0.0921. The van der Waals surface area contributed by atoms with Gasteiger partial charge in [0.2, 0.25) is 5.91 Å². The Kier molecular flexibility index (Phi) is 4.45. The number of nitrogens with one attached hydrogen (secondary N) is 1. The van der Waals surface area contributed by atoms with Gasteiger partial charge in [0, 0.05) is 29.9 Å². The molecule has 0 aliphatic carbocycles. The molecular formula is C17H20N4O2S. The number of anilines is 1. The van der Waals surface area contributed by atoms with E-state index in [0.717, 1.165) is 5.69 Å².